The average molecular weight is 313 g/mol. The number of aryl methyl sites for hydroxylation is 2. The summed E-state index contributed by atoms with van der Waals surface area (Å²) in [5.74, 6) is 0.00337. The van der Waals surface area contributed by atoms with Crippen LogP contribution in [0.5, 0.6) is 5.75 Å². The normalized spacial score (nSPS) is 10.0. The maximum Gasteiger partial charge on any atom is 0.337 e. The van der Waals surface area contributed by atoms with Crippen LogP contribution in [0.25, 0.3) is 0 Å². The van der Waals surface area contributed by atoms with Gasteiger partial charge in [-0.1, -0.05) is 17.7 Å². The van der Waals surface area contributed by atoms with Gasteiger partial charge in [0.05, 0.1) is 12.7 Å². The molecule has 0 saturated carbocycles. The van der Waals surface area contributed by atoms with Crippen LogP contribution in [-0.2, 0) is 9.53 Å². The molecule has 2 rings (SSSR count). The molecular weight excluding hydrogens is 294 g/mol. The Balaban J connectivity index is 1.90. The lowest BCUT2D eigenvalue weighted by Gasteiger charge is -2.10. The molecule has 5 nitrogen and oxygen atoms in total. The van der Waals surface area contributed by atoms with Crippen LogP contribution in [0.1, 0.15) is 21.5 Å². The molecule has 0 atom stereocenters. The highest BCUT2D eigenvalue weighted by atomic mass is 16.5. The van der Waals surface area contributed by atoms with Gasteiger partial charge >= 0.3 is 5.97 Å². The van der Waals surface area contributed by atoms with Crippen molar-refractivity contribution in [1.82, 2.24) is 0 Å². The summed E-state index contributed by atoms with van der Waals surface area (Å²) in [7, 11) is 1.32. The van der Waals surface area contributed by atoms with Crippen molar-refractivity contribution >= 4 is 17.6 Å². The van der Waals surface area contributed by atoms with Gasteiger partial charge in [-0.3, -0.25) is 4.79 Å². The first-order valence-electron chi connectivity index (χ1n) is 7.18. The Morgan fingerprint density at radius 1 is 1.04 bits per heavy atom. The topological polar surface area (TPSA) is 64.6 Å². The molecule has 0 heterocycles. The van der Waals surface area contributed by atoms with Gasteiger partial charge in [-0.15, -0.1) is 0 Å². The van der Waals surface area contributed by atoms with E-state index in [0.717, 1.165) is 11.1 Å². The van der Waals surface area contributed by atoms with Gasteiger partial charge in [0, 0.05) is 5.69 Å². The molecule has 0 aliphatic carbocycles. The highest BCUT2D eigenvalue weighted by Crippen LogP contribution is 2.18. The van der Waals surface area contributed by atoms with Crippen LogP contribution in [0.4, 0.5) is 5.69 Å². The van der Waals surface area contributed by atoms with E-state index in [0.29, 0.717) is 17.0 Å². The van der Waals surface area contributed by atoms with Gasteiger partial charge in [-0.2, -0.15) is 0 Å². The van der Waals surface area contributed by atoms with E-state index in [2.05, 4.69) is 10.1 Å². The number of anilines is 1. The molecule has 0 radical (unpaired) electrons. The summed E-state index contributed by atoms with van der Waals surface area (Å²) in [6, 6.07) is 12.2. The number of rotatable bonds is 5. The van der Waals surface area contributed by atoms with Crippen LogP contribution in [0.2, 0.25) is 0 Å². The maximum absolute atomic E-state index is 11.9. The Morgan fingerprint density at radius 3 is 2.35 bits per heavy atom. The Kier molecular flexibility index (Phi) is 5.36. The largest absolute Gasteiger partial charge is 0.483 e. The number of nitrogens with one attached hydrogen (secondary N) is 1. The number of carbonyl (C=O) groups is 2. The molecule has 1 amide bonds. The van der Waals surface area contributed by atoms with E-state index in [1.165, 1.54) is 7.11 Å². The zero-order valence-corrected chi connectivity index (χ0v) is 13.4. The van der Waals surface area contributed by atoms with E-state index < -0.39 is 5.97 Å². The van der Waals surface area contributed by atoms with E-state index in [9.17, 15) is 9.59 Å². The van der Waals surface area contributed by atoms with E-state index in [-0.39, 0.29) is 12.5 Å². The molecule has 0 bridgehead atoms. The summed E-state index contributed by atoms with van der Waals surface area (Å²) < 4.78 is 10.1. The Morgan fingerprint density at radius 2 is 1.74 bits per heavy atom. The van der Waals surface area contributed by atoms with Gasteiger partial charge in [-0.25, -0.2) is 4.79 Å². The minimum Gasteiger partial charge on any atom is -0.483 e. The molecule has 2 aromatic rings. The Hall–Kier alpha value is -2.82. The van der Waals surface area contributed by atoms with Crippen LogP contribution in [0.3, 0.4) is 0 Å². The number of amides is 1. The standard InChI is InChI=1S/C18H19NO4/c1-12-4-9-16(13(2)10-12)23-11-17(20)19-15-7-5-14(6-8-15)18(21)22-3/h4-10H,11H2,1-3H3,(H,19,20). The predicted molar refractivity (Wildman–Crippen MR) is 87.8 cm³/mol. The summed E-state index contributed by atoms with van der Waals surface area (Å²) in [5, 5.41) is 2.71. The van der Waals surface area contributed by atoms with Crippen molar-refractivity contribution < 1.29 is 19.1 Å². The molecule has 0 saturated heterocycles. The van der Waals surface area contributed by atoms with Crippen LogP contribution < -0.4 is 10.1 Å². The highest BCUT2D eigenvalue weighted by molar-refractivity contribution is 5.93. The van der Waals surface area contributed by atoms with Crippen molar-refractivity contribution in [3.63, 3.8) is 0 Å². The van der Waals surface area contributed by atoms with Crippen LogP contribution >= 0.6 is 0 Å². The van der Waals surface area contributed by atoms with E-state index in [1.54, 1.807) is 24.3 Å². The first-order chi connectivity index (χ1) is 11.0. The Labute approximate surface area is 135 Å². The molecule has 0 spiro atoms. The van der Waals surface area contributed by atoms with Gasteiger partial charge < -0.3 is 14.8 Å². The lowest BCUT2D eigenvalue weighted by Crippen LogP contribution is -2.20. The molecule has 120 valence electrons. The number of esters is 1. The third kappa shape index (κ3) is 4.57. The number of ether oxygens (including phenoxy) is 2. The number of carbonyl (C=O) groups excluding carboxylic acids is 2. The fraction of sp³-hybridized carbons (Fsp3) is 0.222. The lowest BCUT2D eigenvalue weighted by atomic mass is 10.1. The molecular formula is C18H19NO4. The second-order valence-corrected chi connectivity index (χ2v) is 5.17. The monoisotopic (exact) mass is 313 g/mol. The van der Waals surface area contributed by atoms with Crippen molar-refractivity contribution in [2.24, 2.45) is 0 Å². The molecule has 2 aromatic carbocycles. The van der Waals surface area contributed by atoms with Gasteiger partial charge in [0.1, 0.15) is 5.75 Å². The molecule has 23 heavy (non-hydrogen) atoms. The van der Waals surface area contributed by atoms with E-state index in [1.807, 2.05) is 32.0 Å². The summed E-state index contributed by atoms with van der Waals surface area (Å²) in [6.07, 6.45) is 0. The molecule has 0 aliphatic heterocycles. The zero-order chi connectivity index (χ0) is 16.8. The van der Waals surface area contributed by atoms with Crippen LogP contribution in [0.15, 0.2) is 42.5 Å². The second kappa shape index (κ2) is 7.45. The maximum atomic E-state index is 11.9. The minimum atomic E-state index is -0.416. The third-order valence-electron chi connectivity index (χ3n) is 3.28. The second-order valence-electron chi connectivity index (χ2n) is 5.17. The van der Waals surface area contributed by atoms with Crippen molar-refractivity contribution in [1.29, 1.82) is 0 Å². The van der Waals surface area contributed by atoms with Gasteiger partial charge in [0.15, 0.2) is 6.61 Å². The number of benzene rings is 2. The highest BCUT2D eigenvalue weighted by Gasteiger charge is 2.08. The van der Waals surface area contributed by atoms with E-state index >= 15 is 0 Å². The minimum absolute atomic E-state index is 0.0807. The fourth-order valence-electron chi connectivity index (χ4n) is 2.11. The number of methoxy groups -OCH3 is 1. The van der Waals surface area contributed by atoms with Crippen molar-refractivity contribution in [2.75, 3.05) is 19.0 Å². The molecule has 5 heteroatoms. The third-order valence-corrected chi connectivity index (χ3v) is 3.28. The summed E-state index contributed by atoms with van der Waals surface area (Å²) in [4.78, 5) is 23.2. The fourth-order valence-corrected chi connectivity index (χ4v) is 2.11. The van der Waals surface area contributed by atoms with Crippen molar-refractivity contribution in [2.45, 2.75) is 13.8 Å². The molecule has 0 unspecified atom stereocenters. The van der Waals surface area contributed by atoms with Gasteiger partial charge in [0.2, 0.25) is 0 Å². The van der Waals surface area contributed by atoms with Crippen LogP contribution in [0, 0.1) is 13.8 Å². The first kappa shape index (κ1) is 16.5. The first-order valence-corrected chi connectivity index (χ1v) is 7.18. The molecule has 0 aliphatic rings. The quantitative estimate of drug-likeness (QED) is 0.861. The van der Waals surface area contributed by atoms with Crippen molar-refractivity contribution in [3.05, 3.63) is 59.2 Å². The average Bonchev–Trinajstić information content (AvgIpc) is 2.54. The number of hydrogen-bond donors (Lipinski definition) is 1. The van der Waals surface area contributed by atoms with Gasteiger partial charge in [0.25, 0.3) is 5.91 Å². The summed E-state index contributed by atoms with van der Waals surface area (Å²) in [5.41, 5.74) is 3.15. The SMILES string of the molecule is COC(=O)c1ccc(NC(=O)COc2ccc(C)cc2C)cc1. The van der Waals surface area contributed by atoms with E-state index in [4.69, 9.17) is 4.74 Å². The summed E-state index contributed by atoms with van der Waals surface area (Å²) in [6.45, 7) is 3.86. The molecule has 0 aromatic heterocycles. The Bertz CT molecular complexity index is 707. The smallest absolute Gasteiger partial charge is 0.337 e. The van der Waals surface area contributed by atoms with Crippen LogP contribution in [-0.4, -0.2) is 25.6 Å². The van der Waals surface area contributed by atoms with Gasteiger partial charge in [-0.05, 0) is 49.7 Å². The molecule has 0 fully saturated rings. The lowest BCUT2D eigenvalue weighted by molar-refractivity contribution is -0.118. The zero-order valence-electron chi connectivity index (χ0n) is 13.4. The molecule has 1 N–H and O–H groups in total. The summed E-state index contributed by atoms with van der Waals surface area (Å²) >= 11 is 0. The van der Waals surface area contributed by atoms with Crippen molar-refractivity contribution in [3.8, 4) is 5.75 Å². The number of hydrogen-bond acceptors (Lipinski definition) is 4. The predicted octanol–water partition coefficient (Wildman–Crippen LogP) is 3.11.